The van der Waals surface area contributed by atoms with Crippen LogP contribution in [0.4, 0.5) is 28.4 Å². The Bertz CT molecular complexity index is 7860. The number of allylic oxidation sites excluding steroid dienone is 7. The third-order valence-electron chi connectivity index (χ3n) is 26.5. The van der Waals surface area contributed by atoms with Gasteiger partial charge in [0, 0.05) is 83.3 Å². The van der Waals surface area contributed by atoms with E-state index >= 15 is 0 Å². The first kappa shape index (κ1) is 69.8. The van der Waals surface area contributed by atoms with Crippen molar-refractivity contribution in [2.24, 2.45) is 11.8 Å². The van der Waals surface area contributed by atoms with Gasteiger partial charge in [0.1, 0.15) is 33.5 Å². The molecule has 120 heavy (non-hydrogen) atoms. The van der Waals surface area contributed by atoms with E-state index in [0.717, 1.165) is 166 Å². The summed E-state index contributed by atoms with van der Waals surface area (Å²) in [6.45, 7) is 14.1. The highest BCUT2D eigenvalue weighted by molar-refractivity contribution is 6.20. The first-order valence-electron chi connectivity index (χ1n) is 42.1. The summed E-state index contributed by atoms with van der Waals surface area (Å²) in [6, 6.07) is 125. The Hall–Kier alpha value is -14.5. The maximum atomic E-state index is 7.12. The highest BCUT2D eigenvalue weighted by atomic mass is 16.3. The van der Waals surface area contributed by atoms with E-state index in [1.165, 1.54) is 66.7 Å². The lowest BCUT2D eigenvalue weighted by atomic mass is 9.68. The molecule has 0 saturated carbocycles. The highest BCUT2D eigenvalue weighted by Gasteiger charge is 2.53. The van der Waals surface area contributed by atoms with Crippen LogP contribution in [0, 0.1) is 11.8 Å². The molecule has 4 aliphatic carbocycles. The minimum absolute atomic E-state index is 0.0701. The van der Waals surface area contributed by atoms with Crippen molar-refractivity contribution in [3.8, 4) is 66.8 Å². The minimum atomic E-state index is -0.600. The Balaban J connectivity index is 0.661. The number of furan rings is 3. The van der Waals surface area contributed by atoms with Crippen LogP contribution in [-0.2, 0) is 16.2 Å². The first-order valence-corrected chi connectivity index (χ1v) is 42.1. The molecule has 3 aromatic heterocycles. The fraction of sp³-hybridized carbons (Fsp3) is 0.0957. The molecule has 5 heteroatoms. The van der Waals surface area contributed by atoms with Gasteiger partial charge in [-0.3, -0.25) is 0 Å². The van der Waals surface area contributed by atoms with E-state index in [4.69, 9.17) is 13.3 Å². The summed E-state index contributed by atoms with van der Waals surface area (Å²) in [7, 11) is 0. The fourth-order valence-corrected chi connectivity index (χ4v) is 20.7. The Labute approximate surface area is 696 Å². The third kappa shape index (κ3) is 10.6. The van der Waals surface area contributed by atoms with Crippen LogP contribution in [0.15, 0.2) is 395 Å². The molecule has 2 atom stereocenters. The summed E-state index contributed by atoms with van der Waals surface area (Å²) < 4.78 is 20.9. The van der Waals surface area contributed by atoms with Crippen molar-refractivity contribution in [3.05, 3.63) is 415 Å². The average molecular weight is 1540 g/mol. The molecule has 3 heterocycles. The number of hydrogen-bond donors (Lipinski definition) is 0. The second-order valence-corrected chi connectivity index (χ2v) is 35.3. The SMILES string of the molecule is CC(C)(C)c1ccc2c(c1)C1(c3ccccc3-c3ccc(N(C4=CC=CC5C=CC=CC45)c4ccccc4-c4cccc5oc6cc7ccc(-c8cc(-c9cccc(N(c%10ccccc%10-c%10cccc%11oc%12cc%13ccccc%13cc%12c%10%11)c%10cccc%11ccccc%10%11)c9)cc9c8oc8ccccc89)cc7cc6c45)cc31)c1cc(C(C)(C)C)ccc1-2. The quantitative estimate of drug-likeness (QED) is 0.137. The van der Waals surface area contributed by atoms with E-state index in [9.17, 15) is 0 Å². The number of fused-ring (bicyclic) bond motifs is 23. The molecule has 5 nitrogen and oxygen atoms in total. The Morgan fingerprint density at radius 3 is 1.50 bits per heavy atom. The molecule has 20 aromatic rings. The van der Waals surface area contributed by atoms with Crippen LogP contribution in [-0.4, -0.2) is 0 Å². The van der Waals surface area contributed by atoms with Gasteiger partial charge in [-0.05, 0) is 230 Å². The number of nitrogens with zero attached hydrogens (tertiary/aromatic N) is 2. The first-order chi connectivity index (χ1) is 58.7. The third-order valence-corrected chi connectivity index (χ3v) is 26.5. The van der Waals surface area contributed by atoms with Gasteiger partial charge >= 0.3 is 0 Å². The van der Waals surface area contributed by atoms with Crippen LogP contribution < -0.4 is 9.80 Å². The fourth-order valence-electron chi connectivity index (χ4n) is 20.7. The standard InChI is InChI=1S/C115H82N2O3/c1-113(2,3)78-52-55-85-86-56-53-79(114(4,5)6)67-99(86)115(98(85)66-78)97-42-17-13-36-84(97)87-57-54-81(68-100(87)115)117(102-46-23-31-70-27-10-12-35-83(70)102)104-44-19-15-38-89(104)92-41-25-49-107-111(92)96-63-76-58-75(51-50-74(76)65-109(96)119-107)93-61-77(62-94-90-39-16-20-47-105(90)120-112(93)94)71-32-21-33-80(59-71)116(101-45-22-30-69-26-9-11-34-82(69)101)103-43-18-14-37-88(103)91-40-24-48-106-110(91)95-60-72-28-7-8-29-73(72)64-108(95)118-106/h7-68,70,83H,1-6H3. The lowest BCUT2D eigenvalue weighted by Gasteiger charge is -2.38. The molecule has 0 radical (unpaired) electrons. The molecule has 24 rings (SSSR count). The smallest absolute Gasteiger partial charge is 0.143 e. The van der Waals surface area contributed by atoms with Crippen molar-refractivity contribution in [2.45, 2.75) is 57.8 Å². The molecule has 0 aliphatic heterocycles. The number of benzene rings is 17. The van der Waals surface area contributed by atoms with Crippen LogP contribution in [0.25, 0.3) is 165 Å². The van der Waals surface area contributed by atoms with Gasteiger partial charge in [-0.25, -0.2) is 0 Å². The summed E-state index contributed by atoms with van der Waals surface area (Å²) in [5.41, 5.74) is 32.6. The molecular formula is C115H82N2O3. The van der Waals surface area contributed by atoms with Gasteiger partial charge < -0.3 is 23.1 Å². The number of hydrogen-bond acceptors (Lipinski definition) is 5. The number of anilines is 5. The van der Waals surface area contributed by atoms with Gasteiger partial charge in [-0.1, -0.05) is 309 Å². The number of rotatable bonds is 10. The zero-order valence-corrected chi connectivity index (χ0v) is 67.6. The predicted molar refractivity (Wildman–Crippen MR) is 502 cm³/mol. The Morgan fingerprint density at radius 1 is 0.275 bits per heavy atom. The summed E-state index contributed by atoms with van der Waals surface area (Å²) in [5.74, 6) is 0.248. The zero-order valence-electron chi connectivity index (χ0n) is 67.6. The molecule has 4 aliphatic rings. The van der Waals surface area contributed by atoms with Crippen molar-refractivity contribution in [3.63, 3.8) is 0 Å². The van der Waals surface area contributed by atoms with Gasteiger partial charge in [-0.2, -0.15) is 0 Å². The molecule has 0 saturated heterocycles. The van der Waals surface area contributed by atoms with Crippen LogP contribution in [0.5, 0.6) is 0 Å². The molecule has 0 bridgehead atoms. The van der Waals surface area contributed by atoms with Gasteiger partial charge in [0.15, 0.2) is 0 Å². The lowest BCUT2D eigenvalue weighted by molar-refractivity contribution is 0.586. The highest BCUT2D eigenvalue weighted by Crippen LogP contribution is 2.65. The van der Waals surface area contributed by atoms with Gasteiger partial charge in [0.05, 0.1) is 22.5 Å². The molecule has 0 amide bonds. The van der Waals surface area contributed by atoms with E-state index in [0.29, 0.717) is 0 Å². The molecule has 1 spiro atoms. The van der Waals surface area contributed by atoms with E-state index < -0.39 is 5.41 Å². The number of para-hydroxylation sites is 3. The topological polar surface area (TPSA) is 45.9 Å². The van der Waals surface area contributed by atoms with Crippen LogP contribution in [0.1, 0.15) is 74.9 Å². The van der Waals surface area contributed by atoms with Crippen molar-refractivity contribution in [1.29, 1.82) is 0 Å². The van der Waals surface area contributed by atoms with Gasteiger partial charge in [0.2, 0.25) is 0 Å². The van der Waals surface area contributed by atoms with Crippen molar-refractivity contribution < 1.29 is 13.3 Å². The maximum absolute atomic E-state index is 7.12. The van der Waals surface area contributed by atoms with Crippen LogP contribution in [0.2, 0.25) is 0 Å². The zero-order chi connectivity index (χ0) is 80.0. The second-order valence-electron chi connectivity index (χ2n) is 35.3. The van der Waals surface area contributed by atoms with Gasteiger partial charge in [-0.15, -0.1) is 0 Å². The molecule has 17 aromatic carbocycles. The molecule has 0 fully saturated rings. The molecule has 570 valence electrons. The Morgan fingerprint density at radius 2 is 0.792 bits per heavy atom. The van der Waals surface area contributed by atoms with Crippen LogP contribution >= 0.6 is 0 Å². The van der Waals surface area contributed by atoms with Gasteiger partial charge in [0.25, 0.3) is 0 Å². The summed E-state index contributed by atoms with van der Waals surface area (Å²) in [4.78, 5) is 5.06. The lowest BCUT2D eigenvalue weighted by Crippen LogP contribution is -2.29. The van der Waals surface area contributed by atoms with Crippen molar-refractivity contribution in [2.75, 3.05) is 9.80 Å². The maximum Gasteiger partial charge on any atom is 0.143 e. The minimum Gasteiger partial charge on any atom is -0.456 e. The van der Waals surface area contributed by atoms with Crippen molar-refractivity contribution >= 4 is 127 Å². The van der Waals surface area contributed by atoms with Crippen molar-refractivity contribution in [1.82, 2.24) is 0 Å². The van der Waals surface area contributed by atoms with Crippen LogP contribution in [0.3, 0.4) is 0 Å². The summed E-state index contributed by atoms with van der Waals surface area (Å²) in [6.07, 6.45) is 16.2. The van der Waals surface area contributed by atoms with E-state index in [1.807, 2.05) is 0 Å². The van der Waals surface area contributed by atoms with E-state index in [-0.39, 0.29) is 22.7 Å². The normalized spacial score (nSPS) is 15.1. The van der Waals surface area contributed by atoms with E-state index in [2.05, 4.69) is 428 Å². The predicted octanol–water partition coefficient (Wildman–Crippen LogP) is 31.9. The largest absolute Gasteiger partial charge is 0.456 e. The summed E-state index contributed by atoms with van der Waals surface area (Å²) >= 11 is 0. The monoisotopic (exact) mass is 1540 g/mol. The molecule has 2 unspecified atom stereocenters. The molecular weight excluding hydrogens is 1460 g/mol. The summed E-state index contributed by atoms with van der Waals surface area (Å²) in [5, 5.41) is 13.2. The molecule has 0 N–H and O–H groups in total. The van der Waals surface area contributed by atoms with E-state index in [1.54, 1.807) is 0 Å². The second kappa shape index (κ2) is 26.2. The Kier molecular flexibility index (Phi) is 15.3. The average Bonchev–Trinajstić information content (AvgIpc) is 1.50.